The molecule has 0 aliphatic heterocycles. The largest absolute Gasteiger partial charge is 0.492 e. The predicted molar refractivity (Wildman–Crippen MR) is 174 cm³/mol. The van der Waals surface area contributed by atoms with Gasteiger partial charge in [-0.15, -0.1) is 11.3 Å². The number of anilines is 1. The van der Waals surface area contributed by atoms with E-state index in [0.29, 0.717) is 70.0 Å². The molecule has 0 spiro atoms. The molecule has 4 rings (SSSR count). The zero-order valence-corrected chi connectivity index (χ0v) is 26.2. The van der Waals surface area contributed by atoms with E-state index in [1.54, 1.807) is 31.3 Å². The Morgan fingerprint density at radius 3 is 2.45 bits per heavy atom. The van der Waals surface area contributed by atoms with Crippen molar-refractivity contribution in [2.45, 2.75) is 29.7 Å². The highest BCUT2D eigenvalue weighted by molar-refractivity contribution is 7.98. The maximum absolute atomic E-state index is 11.4. The second-order valence-electron chi connectivity index (χ2n) is 9.45. The van der Waals surface area contributed by atoms with E-state index in [9.17, 15) is 20.4 Å². The lowest BCUT2D eigenvalue weighted by Crippen LogP contribution is -2.39. The third-order valence-corrected chi connectivity index (χ3v) is 8.72. The first-order valence-corrected chi connectivity index (χ1v) is 15.9. The number of hydrogen-bond donors (Lipinski definition) is 4. The maximum Gasteiger partial charge on any atom is 0.320 e. The molecule has 0 saturated carbocycles. The van der Waals surface area contributed by atoms with Gasteiger partial charge in [-0.05, 0) is 49.2 Å². The van der Waals surface area contributed by atoms with Gasteiger partial charge in [0.25, 0.3) is 0 Å². The quantitative estimate of drug-likeness (QED) is 0.0913. The van der Waals surface area contributed by atoms with Crippen LogP contribution in [0, 0.1) is 22.7 Å². The molecule has 0 aliphatic carbocycles. The van der Waals surface area contributed by atoms with Crippen molar-refractivity contribution < 1.29 is 14.6 Å². The van der Waals surface area contributed by atoms with E-state index in [1.165, 1.54) is 23.1 Å². The first-order chi connectivity index (χ1) is 21.4. The Morgan fingerprint density at radius 2 is 1.82 bits per heavy atom. The smallest absolute Gasteiger partial charge is 0.320 e. The third-order valence-electron chi connectivity index (χ3n) is 6.52. The standard InChI is InChI=1S/C31H30ClN7O3S2/c1-36-28-24(15-34)27(19-6-10-23(11-7-19)42-14-13-37-26(31(40)41)3-2-12-33)25(16-35)30(39-28)44-18-22-17-43-29(38-22)20-4-8-21(32)9-5-20/h4-11,17,26,37H,2-3,12-14,18,33H2,1H3,(H,36,39)(H,40,41)/t26-/m0/s1. The second-order valence-corrected chi connectivity index (χ2v) is 11.7. The summed E-state index contributed by atoms with van der Waals surface area (Å²) in [5.41, 5.74) is 9.02. The summed E-state index contributed by atoms with van der Waals surface area (Å²) in [6, 6.07) is 18.4. The van der Waals surface area contributed by atoms with E-state index in [4.69, 9.17) is 27.1 Å². The molecule has 5 N–H and O–H groups in total. The average Bonchev–Trinajstić information content (AvgIpc) is 3.52. The van der Waals surface area contributed by atoms with Crippen LogP contribution in [0.15, 0.2) is 58.9 Å². The minimum absolute atomic E-state index is 0.259. The summed E-state index contributed by atoms with van der Waals surface area (Å²) in [5.74, 6) is 0.502. The Kier molecular flexibility index (Phi) is 11.9. The van der Waals surface area contributed by atoms with Crippen LogP contribution in [0.25, 0.3) is 21.7 Å². The van der Waals surface area contributed by atoms with Crippen LogP contribution in [0.4, 0.5) is 5.82 Å². The maximum atomic E-state index is 11.4. The normalized spacial score (nSPS) is 11.4. The molecule has 0 unspecified atom stereocenters. The van der Waals surface area contributed by atoms with Crippen LogP contribution in [0.1, 0.15) is 29.7 Å². The number of carboxylic acid groups (broad SMARTS) is 1. The summed E-state index contributed by atoms with van der Waals surface area (Å²) < 4.78 is 5.79. The predicted octanol–water partition coefficient (Wildman–Crippen LogP) is 5.76. The van der Waals surface area contributed by atoms with E-state index in [2.05, 4.69) is 27.8 Å². The van der Waals surface area contributed by atoms with Crippen molar-refractivity contribution in [2.24, 2.45) is 5.73 Å². The zero-order valence-electron chi connectivity index (χ0n) is 23.8. The lowest BCUT2D eigenvalue weighted by molar-refractivity contribution is -0.139. The monoisotopic (exact) mass is 647 g/mol. The van der Waals surface area contributed by atoms with E-state index >= 15 is 0 Å². The lowest BCUT2D eigenvalue weighted by atomic mass is 9.96. The Morgan fingerprint density at radius 1 is 1.11 bits per heavy atom. The van der Waals surface area contributed by atoms with Gasteiger partial charge in [0, 0.05) is 40.9 Å². The molecule has 1 atom stereocenters. The molecule has 0 radical (unpaired) electrons. The summed E-state index contributed by atoms with van der Waals surface area (Å²) >= 11 is 8.92. The molecule has 0 fully saturated rings. The summed E-state index contributed by atoms with van der Waals surface area (Å²) in [4.78, 5) is 20.7. The van der Waals surface area contributed by atoms with Gasteiger partial charge < -0.3 is 26.2 Å². The number of aromatic nitrogens is 2. The number of thiazole rings is 1. The Hall–Kier alpha value is -4.17. The van der Waals surface area contributed by atoms with Crippen LogP contribution in [-0.4, -0.2) is 53.8 Å². The van der Waals surface area contributed by atoms with Gasteiger partial charge in [-0.3, -0.25) is 4.79 Å². The number of nitriles is 2. The van der Waals surface area contributed by atoms with E-state index in [-0.39, 0.29) is 12.2 Å². The molecule has 10 nitrogen and oxygen atoms in total. The number of ether oxygens (including phenoxy) is 1. The number of halogens is 1. The van der Waals surface area contributed by atoms with Crippen molar-refractivity contribution in [3.8, 4) is 39.6 Å². The number of nitrogens with zero attached hydrogens (tertiary/aromatic N) is 4. The van der Waals surface area contributed by atoms with Crippen LogP contribution in [0.2, 0.25) is 5.02 Å². The minimum atomic E-state index is -0.922. The minimum Gasteiger partial charge on any atom is -0.492 e. The summed E-state index contributed by atoms with van der Waals surface area (Å²) in [7, 11) is 1.68. The van der Waals surface area contributed by atoms with Crippen LogP contribution in [0.5, 0.6) is 5.75 Å². The van der Waals surface area contributed by atoms with Gasteiger partial charge in [0.1, 0.15) is 52.0 Å². The number of aliphatic carboxylic acids is 1. The highest BCUT2D eigenvalue weighted by Gasteiger charge is 2.22. The van der Waals surface area contributed by atoms with E-state index < -0.39 is 12.0 Å². The fraction of sp³-hybridized carbons (Fsp3) is 0.258. The van der Waals surface area contributed by atoms with Crippen molar-refractivity contribution in [2.75, 3.05) is 32.1 Å². The van der Waals surface area contributed by atoms with E-state index in [1.807, 2.05) is 29.6 Å². The van der Waals surface area contributed by atoms with Gasteiger partial charge in [0.2, 0.25) is 0 Å². The molecule has 2 aromatic carbocycles. The topological polar surface area (TPSA) is 170 Å². The highest BCUT2D eigenvalue weighted by atomic mass is 35.5. The van der Waals surface area contributed by atoms with Gasteiger partial charge in [-0.2, -0.15) is 10.5 Å². The summed E-state index contributed by atoms with van der Waals surface area (Å²) in [5, 5.41) is 39.5. The number of rotatable bonds is 15. The Labute approximate surface area is 268 Å². The van der Waals surface area contributed by atoms with Crippen molar-refractivity contribution in [1.29, 1.82) is 10.5 Å². The Balaban J connectivity index is 1.50. The van der Waals surface area contributed by atoms with Gasteiger partial charge in [0.15, 0.2) is 0 Å². The molecule has 2 aromatic heterocycles. The number of thioether (sulfide) groups is 1. The van der Waals surface area contributed by atoms with Crippen LogP contribution in [-0.2, 0) is 10.5 Å². The molecule has 4 aromatic rings. The third kappa shape index (κ3) is 8.26. The molecule has 226 valence electrons. The molecule has 0 aliphatic rings. The Bertz CT molecular complexity index is 1670. The number of nitrogens with one attached hydrogen (secondary N) is 2. The van der Waals surface area contributed by atoms with Crippen molar-refractivity contribution in [1.82, 2.24) is 15.3 Å². The molecule has 13 heteroatoms. The second kappa shape index (κ2) is 16.1. The molecular formula is C31H30ClN7O3S2. The van der Waals surface area contributed by atoms with Crippen molar-refractivity contribution in [3.05, 3.63) is 75.8 Å². The fourth-order valence-electron chi connectivity index (χ4n) is 4.35. The van der Waals surface area contributed by atoms with Crippen LogP contribution in [0.3, 0.4) is 0 Å². The summed E-state index contributed by atoms with van der Waals surface area (Å²) in [6.45, 7) is 1.03. The van der Waals surface area contributed by atoms with Gasteiger partial charge in [-0.1, -0.05) is 47.6 Å². The van der Waals surface area contributed by atoms with Crippen molar-refractivity contribution >= 4 is 46.5 Å². The SMILES string of the molecule is CNc1nc(SCc2csc(-c3ccc(Cl)cc3)n2)c(C#N)c(-c2ccc(OCCN[C@@H](CCCN)C(=O)O)cc2)c1C#N. The first-order valence-electron chi connectivity index (χ1n) is 13.7. The lowest BCUT2D eigenvalue weighted by Gasteiger charge is -2.16. The number of carbonyl (C=O) groups is 1. The average molecular weight is 648 g/mol. The molecule has 2 heterocycles. The molecule has 0 saturated heterocycles. The molecule has 0 bridgehead atoms. The van der Waals surface area contributed by atoms with E-state index in [0.717, 1.165) is 16.3 Å². The van der Waals surface area contributed by atoms with Crippen LogP contribution >= 0.6 is 34.7 Å². The number of pyridine rings is 1. The number of nitrogens with two attached hydrogens (primary N) is 1. The number of benzene rings is 2. The van der Waals surface area contributed by atoms with Gasteiger partial charge in [-0.25, -0.2) is 9.97 Å². The van der Waals surface area contributed by atoms with Gasteiger partial charge in [0.05, 0.1) is 11.3 Å². The molecule has 44 heavy (non-hydrogen) atoms. The van der Waals surface area contributed by atoms with Crippen LogP contribution < -0.4 is 21.1 Å². The highest BCUT2D eigenvalue weighted by Crippen LogP contribution is 2.38. The first kappa shape index (κ1) is 32.7. The molecular weight excluding hydrogens is 618 g/mol. The summed E-state index contributed by atoms with van der Waals surface area (Å²) in [6.07, 6.45) is 1.06. The van der Waals surface area contributed by atoms with Crippen molar-refractivity contribution in [3.63, 3.8) is 0 Å². The number of carboxylic acids is 1. The number of hydrogen-bond acceptors (Lipinski definition) is 11. The molecule has 0 amide bonds. The van der Waals surface area contributed by atoms with Gasteiger partial charge >= 0.3 is 5.97 Å². The zero-order chi connectivity index (χ0) is 31.5. The fourth-order valence-corrected chi connectivity index (χ4v) is 6.28.